The predicted octanol–water partition coefficient (Wildman–Crippen LogP) is 5.33. The summed E-state index contributed by atoms with van der Waals surface area (Å²) in [5.41, 5.74) is 7.31. The second-order valence-corrected chi connectivity index (χ2v) is 6.23. The molecule has 2 N–H and O–H groups in total. The lowest BCUT2D eigenvalue weighted by molar-refractivity contribution is 0.538. The fraction of sp³-hybridized carbons (Fsp3) is 0.600. The minimum Gasteiger partial charge on any atom is -0.327 e. The molecule has 3 heteroatoms. The lowest BCUT2D eigenvalue weighted by Gasteiger charge is -2.12. The van der Waals surface area contributed by atoms with Gasteiger partial charge in [0.1, 0.15) is 0 Å². The van der Waals surface area contributed by atoms with Gasteiger partial charge in [-0.2, -0.15) is 0 Å². The zero-order chi connectivity index (χ0) is 13.4. The number of halogens is 2. The van der Waals surface area contributed by atoms with E-state index in [1.165, 1.54) is 32.1 Å². The number of hydrogen-bond acceptors (Lipinski definition) is 1. The SMILES string of the molecule is CCCCCCCC(N)Cc1ccc(Br)cc1Cl. The lowest BCUT2D eigenvalue weighted by atomic mass is 10.0. The fourth-order valence-electron chi connectivity index (χ4n) is 2.08. The Hall–Kier alpha value is -0.0500. The molecule has 0 saturated heterocycles. The third kappa shape index (κ3) is 6.21. The molecule has 0 aliphatic heterocycles. The smallest absolute Gasteiger partial charge is 0.0449 e. The van der Waals surface area contributed by atoms with Crippen molar-refractivity contribution in [2.75, 3.05) is 0 Å². The predicted molar refractivity (Wildman–Crippen MR) is 84.2 cm³/mol. The van der Waals surface area contributed by atoms with E-state index in [-0.39, 0.29) is 6.04 Å². The first-order chi connectivity index (χ1) is 8.63. The first-order valence-corrected chi connectivity index (χ1v) is 8.00. The van der Waals surface area contributed by atoms with E-state index >= 15 is 0 Å². The van der Waals surface area contributed by atoms with E-state index in [0.29, 0.717) is 0 Å². The van der Waals surface area contributed by atoms with Gasteiger partial charge in [-0.3, -0.25) is 0 Å². The zero-order valence-electron chi connectivity index (χ0n) is 11.1. The van der Waals surface area contributed by atoms with Crippen molar-refractivity contribution in [3.8, 4) is 0 Å². The standard InChI is InChI=1S/C15H23BrClN/c1-2-3-4-5-6-7-14(18)10-12-8-9-13(16)11-15(12)17/h8-9,11,14H,2-7,10,18H2,1H3. The third-order valence-electron chi connectivity index (χ3n) is 3.18. The summed E-state index contributed by atoms with van der Waals surface area (Å²) < 4.78 is 1.02. The summed E-state index contributed by atoms with van der Waals surface area (Å²) in [5.74, 6) is 0. The first kappa shape index (κ1) is 16.0. The molecule has 1 unspecified atom stereocenters. The van der Waals surface area contributed by atoms with Crippen molar-refractivity contribution in [1.82, 2.24) is 0 Å². The molecular weight excluding hydrogens is 310 g/mol. The molecule has 0 fully saturated rings. The molecule has 1 rings (SSSR count). The molecule has 1 aromatic carbocycles. The van der Waals surface area contributed by atoms with Crippen molar-refractivity contribution in [3.63, 3.8) is 0 Å². The number of rotatable bonds is 8. The minimum atomic E-state index is 0.227. The van der Waals surface area contributed by atoms with E-state index in [4.69, 9.17) is 17.3 Å². The number of hydrogen-bond donors (Lipinski definition) is 1. The van der Waals surface area contributed by atoms with Gasteiger partial charge in [-0.15, -0.1) is 0 Å². The van der Waals surface area contributed by atoms with E-state index in [1.807, 2.05) is 12.1 Å². The van der Waals surface area contributed by atoms with Crippen molar-refractivity contribution >= 4 is 27.5 Å². The number of unbranched alkanes of at least 4 members (excludes halogenated alkanes) is 4. The average Bonchev–Trinajstić information content (AvgIpc) is 2.32. The van der Waals surface area contributed by atoms with Crippen LogP contribution in [0, 0.1) is 0 Å². The topological polar surface area (TPSA) is 26.0 Å². The van der Waals surface area contributed by atoms with Crippen LogP contribution in [-0.4, -0.2) is 6.04 Å². The van der Waals surface area contributed by atoms with Gasteiger partial charge in [-0.25, -0.2) is 0 Å². The molecule has 0 aromatic heterocycles. The highest BCUT2D eigenvalue weighted by molar-refractivity contribution is 9.10. The normalized spacial score (nSPS) is 12.7. The summed E-state index contributed by atoms with van der Waals surface area (Å²) in [6.07, 6.45) is 8.47. The van der Waals surface area contributed by atoms with Gasteiger partial charge in [0.2, 0.25) is 0 Å². The molecule has 0 amide bonds. The van der Waals surface area contributed by atoms with Crippen LogP contribution in [0.1, 0.15) is 51.0 Å². The van der Waals surface area contributed by atoms with Crippen LogP contribution in [0.5, 0.6) is 0 Å². The molecule has 18 heavy (non-hydrogen) atoms. The Bertz CT molecular complexity index is 354. The average molecular weight is 333 g/mol. The molecule has 0 bridgehead atoms. The summed E-state index contributed by atoms with van der Waals surface area (Å²) >= 11 is 9.60. The zero-order valence-corrected chi connectivity index (χ0v) is 13.4. The second-order valence-electron chi connectivity index (χ2n) is 4.90. The Morgan fingerprint density at radius 3 is 2.61 bits per heavy atom. The van der Waals surface area contributed by atoms with Crippen LogP contribution in [-0.2, 0) is 6.42 Å². The van der Waals surface area contributed by atoms with Gasteiger partial charge < -0.3 is 5.73 Å². The second kappa shape index (κ2) is 8.95. The largest absolute Gasteiger partial charge is 0.327 e. The molecule has 1 aromatic rings. The van der Waals surface area contributed by atoms with Gasteiger partial charge in [0.15, 0.2) is 0 Å². The minimum absolute atomic E-state index is 0.227. The Balaban J connectivity index is 2.28. The number of benzene rings is 1. The van der Waals surface area contributed by atoms with Crippen LogP contribution in [0.2, 0.25) is 5.02 Å². The van der Waals surface area contributed by atoms with E-state index in [0.717, 1.165) is 27.9 Å². The molecule has 1 nitrogen and oxygen atoms in total. The van der Waals surface area contributed by atoms with Crippen molar-refractivity contribution in [3.05, 3.63) is 33.3 Å². The maximum Gasteiger partial charge on any atom is 0.0449 e. The lowest BCUT2D eigenvalue weighted by Crippen LogP contribution is -2.22. The van der Waals surface area contributed by atoms with Gasteiger partial charge >= 0.3 is 0 Å². The van der Waals surface area contributed by atoms with E-state index in [9.17, 15) is 0 Å². The molecule has 0 aliphatic rings. The van der Waals surface area contributed by atoms with Gasteiger partial charge in [0.25, 0.3) is 0 Å². The Morgan fingerprint density at radius 2 is 1.94 bits per heavy atom. The fourth-order valence-corrected chi connectivity index (χ4v) is 2.83. The highest BCUT2D eigenvalue weighted by atomic mass is 79.9. The Labute approximate surface area is 124 Å². The van der Waals surface area contributed by atoms with Crippen molar-refractivity contribution in [2.45, 2.75) is 57.9 Å². The molecule has 1 atom stereocenters. The van der Waals surface area contributed by atoms with Gasteiger partial charge in [-0.05, 0) is 30.5 Å². The molecule has 0 saturated carbocycles. The van der Waals surface area contributed by atoms with Crippen LogP contribution in [0.15, 0.2) is 22.7 Å². The summed E-state index contributed by atoms with van der Waals surface area (Å²) in [5, 5.41) is 0.811. The number of nitrogens with two attached hydrogens (primary N) is 1. The van der Waals surface area contributed by atoms with Gasteiger partial charge in [-0.1, -0.05) is 72.6 Å². The quantitative estimate of drug-likeness (QED) is 0.639. The van der Waals surface area contributed by atoms with Crippen molar-refractivity contribution in [1.29, 1.82) is 0 Å². The van der Waals surface area contributed by atoms with Crippen LogP contribution >= 0.6 is 27.5 Å². The van der Waals surface area contributed by atoms with Crippen LogP contribution in [0.25, 0.3) is 0 Å². The summed E-state index contributed by atoms with van der Waals surface area (Å²) in [7, 11) is 0. The van der Waals surface area contributed by atoms with Gasteiger partial charge in [0, 0.05) is 15.5 Å². The maximum atomic E-state index is 6.19. The van der Waals surface area contributed by atoms with Crippen molar-refractivity contribution in [2.24, 2.45) is 5.73 Å². The van der Waals surface area contributed by atoms with Crippen LogP contribution in [0.3, 0.4) is 0 Å². The van der Waals surface area contributed by atoms with Crippen LogP contribution < -0.4 is 5.73 Å². The van der Waals surface area contributed by atoms with Crippen LogP contribution in [0.4, 0.5) is 0 Å². The van der Waals surface area contributed by atoms with Gasteiger partial charge in [0.05, 0.1) is 0 Å². The molecule has 0 aliphatic carbocycles. The molecule has 0 spiro atoms. The van der Waals surface area contributed by atoms with E-state index in [1.54, 1.807) is 0 Å². The molecule has 0 radical (unpaired) electrons. The Kier molecular flexibility index (Phi) is 7.96. The summed E-state index contributed by atoms with van der Waals surface area (Å²) in [6.45, 7) is 2.24. The highest BCUT2D eigenvalue weighted by Gasteiger charge is 2.07. The summed E-state index contributed by atoms with van der Waals surface area (Å²) in [4.78, 5) is 0. The monoisotopic (exact) mass is 331 g/mol. The first-order valence-electron chi connectivity index (χ1n) is 6.83. The van der Waals surface area contributed by atoms with E-state index < -0.39 is 0 Å². The Morgan fingerprint density at radius 1 is 1.22 bits per heavy atom. The molecular formula is C15H23BrClN. The maximum absolute atomic E-state index is 6.19. The molecule has 0 heterocycles. The van der Waals surface area contributed by atoms with Crippen molar-refractivity contribution < 1.29 is 0 Å². The molecule has 102 valence electrons. The van der Waals surface area contributed by atoms with E-state index in [2.05, 4.69) is 28.9 Å². The summed E-state index contributed by atoms with van der Waals surface area (Å²) in [6, 6.07) is 6.24. The highest BCUT2D eigenvalue weighted by Crippen LogP contribution is 2.23. The third-order valence-corrected chi connectivity index (χ3v) is 4.02.